The molecular formula is C14H19BrO5. The highest BCUT2D eigenvalue weighted by atomic mass is 79.9. The number of hydrogen-bond acceptors (Lipinski definition) is 4. The second-order valence-corrected chi connectivity index (χ2v) is 5.24. The third-order valence-corrected chi connectivity index (χ3v) is 3.67. The number of aliphatic hydroxyl groups is 1. The first-order valence-corrected chi connectivity index (χ1v) is 7.10. The van der Waals surface area contributed by atoms with Gasteiger partial charge in [-0.15, -0.1) is 0 Å². The minimum Gasteiger partial charge on any atom is -0.493 e. The zero-order chi connectivity index (χ0) is 15.1. The first-order valence-electron chi connectivity index (χ1n) is 6.30. The van der Waals surface area contributed by atoms with Gasteiger partial charge in [-0.1, -0.05) is 15.9 Å². The second-order valence-electron chi connectivity index (χ2n) is 4.38. The number of carbonyl (C=O) groups is 1. The smallest absolute Gasteiger partial charge is 0.303 e. The Labute approximate surface area is 126 Å². The number of hydrogen-bond donors (Lipinski definition) is 2. The fourth-order valence-corrected chi connectivity index (χ4v) is 2.48. The van der Waals surface area contributed by atoms with Crippen molar-refractivity contribution >= 4 is 21.9 Å². The van der Waals surface area contributed by atoms with Gasteiger partial charge in [-0.05, 0) is 37.0 Å². The minimum absolute atomic E-state index is 0.125. The van der Waals surface area contributed by atoms with Crippen LogP contribution in [0.3, 0.4) is 0 Å². The summed E-state index contributed by atoms with van der Waals surface area (Å²) >= 11 is 3.39. The molecule has 0 aliphatic rings. The van der Waals surface area contributed by atoms with Crippen LogP contribution >= 0.6 is 15.9 Å². The van der Waals surface area contributed by atoms with Gasteiger partial charge in [0.1, 0.15) is 0 Å². The molecule has 0 aromatic heterocycles. The van der Waals surface area contributed by atoms with Crippen LogP contribution in [0, 0.1) is 0 Å². The minimum atomic E-state index is -0.813. The first-order chi connectivity index (χ1) is 9.49. The van der Waals surface area contributed by atoms with Crippen LogP contribution in [0.2, 0.25) is 0 Å². The lowest BCUT2D eigenvalue weighted by molar-refractivity contribution is -0.137. The Morgan fingerprint density at radius 3 is 2.40 bits per heavy atom. The monoisotopic (exact) mass is 346 g/mol. The molecule has 6 heteroatoms. The van der Waals surface area contributed by atoms with Crippen LogP contribution in [0.1, 0.15) is 37.4 Å². The van der Waals surface area contributed by atoms with Gasteiger partial charge in [-0.3, -0.25) is 4.79 Å². The van der Waals surface area contributed by atoms with Gasteiger partial charge < -0.3 is 19.7 Å². The van der Waals surface area contributed by atoms with E-state index in [1.165, 1.54) is 7.11 Å². The molecule has 0 bridgehead atoms. The Morgan fingerprint density at radius 1 is 1.25 bits per heavy atom. The maximum Gasteiger partial charge on any atom is 0.303 e. The predicted molar refractivity (Wildman–Crippen MR) is 78.3 cm³/mol. The largest absolute Gasteiger partial charge is 0.493 e. The highest BCUT2D eigenvalue weighted by molar-refractivity contribution is 9.10. The van der Waals surface area contributed by atoms with Crippen molar-refractivity contribution in [3.8, 4) is 11.5 Å². The lowest BCUT2D eigenvalue weighted by Crippen LogP contribution is -2.02. The van der Waals surface area contributed by atoms with Crippen molar-refractivity contribution in [1.82, 2.24) is 0 Å². The molecule has 0 aliphatic heterocycles. The Balaban J connectivity index is 2.72. The Hall–Kier alpha value is -1.27. The molecule has 0 saturated carbocycles. The molecule has 0 amide bonds. The number of benzene rings is 1. The van der Waals surface area contributed by atoms with Crippen LogP contribution in [0.5, 0.6) is 11.5 Å². The zero-order valence-electron chi connectivity index (χ0n) is 11.6. The maximum absolute atomic E-state index is 10.4. The normalized spacial score (nSPS) is 12.0. The number of rotatable bonds is 8. The second kappa shape index (κ2) is 8.11. The Morgan fingerprint density at radius 2 is 1.85 bits per heavy atom. The van der Waals surface area contributed by atoms with Crippen LogP contribution < -0.4 is 9.47 Å². The molecule has 0 saturated heterocycles. The van der Waals surface area contributed by atoms with Gasteiger partial charge in [0.25, 0.3) is 0 Å². The molecule has 1 rings (SSSR count). The predicted octanol–water partition coefficient (Wildman–Crippen LogP) is 3.14. The average molecular weight is 347 g/mol. The standard InChI is InChI=1S/C14H19BrO5/c1-19-12-7-9(10(15)8-13(12)20-2)11(16)5-3-4-6-14(17)18/h7-8,11,16H,3-6H2,1-2H3,(H,17,18). The quantitative estimate of drug-likeness (QED) is 0.707. The molecule has 20 heavy (non-hydrogen) atoms. The van der Waals surface area contributed by atoms with Gasteiger partial charge in [0, 0.05) is 10.9 Å². The maximum atomic E-state index is 10.4. The molecule has 5 nitrogen and oxygen atoms in total. The number of methoxy groups -OCH3 is 2. The van der Waals surface area contributed by atoms with E-state index in [1.54, 1.807) is 19.2 Å². The fraction of sp³-hybridized carbons (Fsp3) is 0.500. The van der Waals surface area contributed by atoms with Crippen molar-refractivity contribution in [3.63, 3.8) is 0 Å². The summed E-state index contributed by atoms with van der Waals surface area (Å²) in [5, 5.41) is 18.7. The molecule has 0 radical (unpaired) electrons. The van der Waals surface area contributed by atoms with Gasteiger partial charge in [-0.25, -0.2) is 0 Å². The lowest BCUT2D eigenvalue weighted by atomic mass is 10.0. The molecule has 1 aromatic rings. The van der Waals surface area contributed by atoms with Gasteiger partial charge in [-0.2, -0.15) is 0 Å². The van der Waals surface area contributed by atoms with Gasteiger partial charge >= 0.3 is 5.97 Å². The summed E-state index contributed by atoms with van der Waals surface area (Å²) in [6, 6.07) is 3.47. The highest BCUT2D eigenvalue weighted by Gasteiger charge is 2.16. The van der Waals surface area contributed by atoms with E-state index in [0.29, 0.717) is 36.3 Å². The van der Waals surface area contributed by atoms with E-state index in [4.69, 9.17) is 14.6 Å². The molecule has 0 spiro atoms. The van der Waals surface area contributed by atoms with Gasteiger partial charge in [0.05, 0.1) is 20.3 Å². The SMILES string of the molecule is COc1cc(Br)c(C(O)CCCCC(=O)O)cc1OC. The lowest BCUT2D eigenvalue weighted by Gasteiger charge is -2.16. The highest BCUT2D eigenvalue weighted by Crippen LogP contribution is 2.37. The van der Waals surface area contributed by atoms with E-state index in [-0.39, 0.29) is 6.42 Å². The van der Waals surface area contributed by atoms with Crippen molar-refractivity contribution in [3.05, 3.63) is 22.2 Å². The average Bonchev–Trinajstić information content (AvgIpc) is 2.42. The van der Waals surface area contributed by atoms with Crippen molar-refractivity contribution in [1.29, 1.82) is 0 Å². The van der Waals surface area contributed by atoms with Gasteiger partial charge in [0.15, 0.2) is 11.5 Å². The van der Waals surface area contributed by atoms with Crippen molar-refractivity contribution in [2.45, 2.75) is 31.8 Å². The Bertz CT molecular complexity index is 461. The summed E-state index contributed by atoms with van der Waals surface area (Å²) in [5.41, 5.74) is 0.706. The topological polar surface area (TPSA) is 76.0 Å². The number of aliphatic hydroxyl groups excluding tert-OH is 1. The molecule has 0 heterocycles. The van der Waals surface area contributed by atoms with Crippen molar-refractivity contribution in [2.75, 3.05) is 14.2 Å². The summed E-state index contributed by atoms with van der Waals surface area (Å²) in [5.74, 6) is 0.322. The van der Waals surface area contributed by atoms with E-state index in [1.807, 2.05) is 0 Å². The van der Waals surface area contributed by atoms with E-state index in [0.717, 1.165) is 4.47 Å². The van der Waals surface area contributed by atoms with E-state index < -0.39 is 12.1 Å². The third-order valence-electron chi connectivity index (χ3n) is 2.98. The zero-order valence-corrected chi connectivity index (χ0v) is 13.1. The van der Waals surface area contributed by atoms with E-state index >= 15 is 0 Å². The van der Waals surface area contributed by atoms with Crippen LogP contribution in [-0.4, -0.2) is 30.4 Å². The molecule has 1 aromatic carbocycles. The number of carboxylic acid groups (broad SMARTS) is 1. The van der Waals surface area contributed by atoms with Crippen LogP contribution in [0.4, 0.5) is 0 Å². The van der Waals surface area contributed by atoms with Crippen molar-refractivity contribution < 1.29 is 24.5 Å². The molecule has 1 atom stereocenters. The Kier molecular flexibility index (Phi) is 6.81. The fourth-order valence-electron chi connectivity index (χ4n) is 1.89. The van der Waals surface area contributed by atoms with Crippen LogP contribution in [0.15, 0.2) is 16.6 Å². The molecule has 0 fully saturated rings. The van der Waals surface area contributed by atoms with E-state index in [2.05, 4.69) is 15.9 Å². The van der Waals surface area contributed by atoms with Gasteiger partial charge in [0.2, 0.25) is 0 Å². The molecule has 2 N–H and O–H groups in total. The molecule has 1 unspecified atom stereocenters. The van der Waals surface area contributed by atoms with Crippen LogP contribution in [0.25, 0.3) is 0 Å². The summed E-state index contributed by atoms with van der Waals surface area (Å²) in [4.78, 5) is 10.4. The first kappa shape index (κ1) is 16.8. The number of ether oxygens (including phenoxy) is 2. The number of halogens is 1. The number of aliphatic carboxylic acids is 1. The van der Waals surface area contributed by atoms with E-state index in [9.17, 15) is 9.90 Å². The summed E-state index contributed by atoms with van der Waals surface area (Å²) in [6.07, 6.45) is 1.16. The van der Waals surface area contributed by atoms with Crippen molar-refractivity contribution in [2.24, 2.45) is 0 Å². The van der Waals surface area contributed by atoms with Crippen LogP contribution in [-0.2, 0) is 4.79 Å². The molecule has 112 valence electrons. The number of carboxylic acids is 1. The molecule has 0 aliphatic carbocycles. The number of unbranched alkanes of at least 4 members (excludes halogenated alkanes) is 1. The summed E-state index contributed by atoms with van der Waals surface area (Å²) < 4.78 is 11.1. The summed E-state index contributed by atoms with van der Waals surface area (Å²) in [7, 11) is 3.08. The molecular weight excluding hydrogens is 328 g/mol. The third kappa shape index (κ3) is 4.68. The summed E-state index contributed by atoms with van der Waals surface area (Å²) in [6.45, 7) is 0.